The Balaban J connectivity index is 1.17. The molecule has 9 rings (SSSR count). The number of benzene rings is 6. The molecule has 0 aliphatic carbocycles. The van der Waals surface area contributed by atoms with Crippen LogP contribution in [0.5, 0.6) is 0 Å². The van der Waals surface area contributed by atoms with Crippen LogP contribution in [0.4, 0.5) is 0 Å². The number of aryl methyl sites for hydroxylation is 2. The second kappa shape index (κ2) is 19.4. The molecule has 67 heavy (non-hydrogen) atoms. The Morgan fingerprint density at radius 1 is 0.433 bits per heavy atom. The van der Waals surface area contributed by atoms with Crippen LogP contribution in [-0.2, 0) is 23.7 Å². The van der Waals surface area contributed by atoms with Gasteiger partial charge in [0.05, 0.1) is 16.7 Å². The average Bonchev–Trinajstić information content (AvgIpc) is 3.67. The van der Waals surface area contributed by atoms with Gasteiger partial charge in [-0.2, -0.15) is 0 Å². The van der Waals surface area contributed by atoms with Gasteiger partial charge in [-0.1, -0.05) is 203 Å². The Morgan fingerprint density at radius 2 is 0.925 bits per heavy atom. The van der Waals surface area contributed by atoms with Gasteiger partial charge in [0.1, 0.15) is 0 Å². The molecule has 3 heterocycles. The van der Waals surface area contributed by atoms with Crippen LogP contribution < -0.4 is 0 Å². The molecule has 6 aromatic carbocycles. The van der Waals surface area contributed by atoms with Crippen LogP contribution >= 0.6 is 0 Å². The van der Waals surface area contributed by atoms with Crippen LogP contribution in [0, 0.1) is 0 Å². The largest absolute Gasteiger partial charge is 0.309 e. The van der Waals surface area contributed by atoms with Crippen molar-refractivity contribution in [1.29, 1.82) is 0 Å². The lowest BCUT2D eigenvalue weighted by atomic mass is 9.86. The number of hydrogen-bond acceptors (Lipinski definition) is 4. The van der Waals surface area contributed by atoms with Crippen LogP contribution in [0.15, 0.2) is 140 Å². The highest BCUT2D eigenvalue weighted by Crippen LogP contribution is 2.39. The van der Waals surface area contributed by atoms with E-state index in [0.717, 1.165) is 51.6 Å². The smallest absolute Gasteiger partial charge is 0.166 e. The van der Waals surface area contributed by atoms with E-state index in [1.165, 1.54) is 101 Å². The summed E-state index contributed by atoms with van der Waals surface area (Å²) in [4.78, 5) is 20.9. The molecule has 0 unspecified atom stereocenters. The van der Waals surface area contributed by atoms with Gasteiger partial charge in [0.25, 0.3) is 0 Å². The van der Waals surface area contributed by atoms with Gasteiger partial charge in [-0.25, -0.2) is 15.0 Å². The van der Waals surface area contributed by atoms with Crippen molar-refractivity contribution in [3.63, 3.8) is 0 Å². The number of pyridine rings is 1. The Bertz CT molecular complexity index is 3050. The van der Waals surface area contributed by atoms with Crippen LogP contribution in [0.1, 0.15) is 129 Å². The van der Waals surface area contributed by atoms with Crippen molar-refractivity contribution < 1.29 is 0 Å². The van der Waals surface area contributed by atoms with E-state index in [1.807, 2.05) is 6.20 Å². The number of hydrogen-bond donors (Lipinski definition) is 0. The Labute approximate surface area is 398 Å². The monoisotopic (exact) mass is 882 g/mol. The molecule has 0 fully saturated rings. The Hall–Kier alpha value is -6.46. The van der Waals surface area contributed by atoms with Gasteiger partial charge in [-0.15, -0.1) is 0 Å². The van der Waals surface area contributed by atoms with Crippen molar-refractivity contribution in [2.24, 2.45) is 0 Å². The fourth-order valence-corrected chi connectivity index (χ4v) is 9.66. The highest BCUT2D eigenvalue weighted by molar-refractivity contribution is 6.11. The lowest BCUT2D eigenvalue weighted by Crippen LogP contribution is -2.11. The van der Waals surface area contributed by atoms with Crippen molar-refractivity contribution in [2.75, 3.05) is 0 Å². The topological polar surface area (TPSA) is 56.5 Å². The summed E-state index contributed by atoms with van der Waals surface area (Å²) in [5, 5.41) is 4.61. The Kier molecular flexibility index (Phi) is 13.2. The zero-order chi connectivity index (χ0) is 46.7. The van der Waals surface area contributed by atoms with E-state index < -0.39 is 0 Å². The third kappa shape index (κ3) is 9.84. The molecule has 0 N–H and O–H groups in total. The van der Waals surface area contributed by atoms with Crippen molar-refractivity contribution in [1.82, 2.24) is 24.5 Å². The molecule has 3 aromatic heterocycles. The molecule has 0 bridgehead atoms. The van der Waals surface area contributed by atoms with E-state index in [0.29, 0.717) is 17.5 Å². The molecule has 5 heteroatoms. The number of unbranched alkanes of at least 4 members (excludes halogenated alkanes) is 6. The van der Waals surface area contributed by atoms with Crippen molar-refractivity contribution >= 4 is 32.6 Å². The highest BCUT2D eigenvalue weighted by Gasteiger charge is 2.21. The number of aromatic nitrogens is 5. The predicted molar refractivity (Wildman–Crippen MR) is 284 cm³/mol. The summed E-state index contributed by atoms with van der Waals surface area (Å²) in [5.41, 5.74) is 13.9. The van der Waals surface area contributed by atoms with E-state index in [1.54, 1.807) is 0 Å². The maximum atomic E-state index is 5.31. The molecule has 0 amide bonds. The normalized spacial score (nSPS) is 12.2. The second-order valence-corrected chi connectivity index (χ2v) is 20.7. The molecule has 0 radical (unpaired) electrons. The molecule has 0 aliphatic rings. The summed E-state index contributed by atoms with van der Waals surface area (Å²) in [6.07, 6.45) is 14.3. The van der Waals surface area contributed by atoms with Gasteiger partial charge >= 0.3 is 0 Å². The van der Waals surface area contributed by atoms with Crippen molar-refractivity contribution in [2.45, 2.75) is 130 Å². The molecular formula is C62H67N5. The fraction of sp³-hybridized carbons (Fsp3) is 0.323. The van der Waals surface area contributed by atoms with E-state index >= 15 is 0 Å². The van der Waals surface area contributed by atoms with Gasteiger partial charge in [-0.05, 0) is 88.4 Å². The average molecular weight is 882 g/mol. The molecule has 9 aromatic rings. The van der Waals surface area contributed by atoms with E-state index in [4.69, 9.17) is 19.9 Å². The maximum absolute atomic E-state index is 5.31. The minimum atomic E-state index is 0.0336. The maximum Gasteiger partial charge on any atom is 0.166 e. The molecule has 0 atom stereocenters. The van der Waals surface area contributed by atoms with Crippen LogP contribution in [0.25, 0.3) is 83.7 Å². The molecule has 0 saturated heterocycles. The number of para-hydroxylation sites is 1. The fourth-order valence-electron chi connectivity index (χ4n) is 9.66. The quantitative estimate of drug-likeness (QED) is 0.0963. The summed E-state index contributed by atoms with van der Waals surface area (Å²) in [5.74, 6) is 1.88. The SMILES string of the molecule is CCCCCCc1cc(CCCCCC)cc(-n2c3ccccc3c3ccc(-c4ncc(-c5nc(-c6ccc(C(C)(C)C)cc6)nc(-c6ccc(C(C)(C)C)cc6)n5)c5ccccc45)cc32)c1. The van der Waals surface area contributed by atoms with E-state index in [-0.39, 0.29) is 10.8 Å². The summed E-state index contributed by atoms with van der Waals surface area (Å²) < 4.78 is 2.51. The van der Waals surface area contributed by atoms with Crippen molar-refractivity contribution in [3.05, 3.63) is 162 Å². The summed E-state index contributed by atoms with van der Waals surface area (Å²) in [6, 6.07) is 49.1. The molecule has 5 nitrogen and oxygen atoms in total. The third-order valence-corrected chi connectivity index (χ3v) is 13.6. The summed E-state index contributed by atoms with van der Waals surface area (Å²) >= 11 is 0. The number of rotatable bonds is 15. The Morgan fingerprint density at radius 3 is 1.48 bits per heavy atom. The van der Waals surface area contributed by atoms with Crippen molar-refractivity contribution in [3.8, 4) is 51.1 Å². The lowest BCUT2D eigenvalue weighted by molar-refractivity contribution is 0.590. The van der Waals surface area contributed by atoms with E-state index in [9.17, 15) is 0 Å². The van der Waals surface area contributed by atoms with Gasteiger partial charge in [0.2, 0.25) is 0 Å². The number of fused-ring (bicyclic) bond motifs is 4. The molecule has 340 valence electrons. The van der Waals surface area contributed by atoms with Gasteiger partial charge < -0.3 is 4.57 Å². The van der Waals surface area contributed by atoms with Crippen LogP contribution in [0.3, 0.4) is 0 Å². The third-order valence-electron chi connectivity index (χ3n) is 13.6. The first-order valence-corrected chi connectivity index (χ1v) is 24.9. The van der Waals surface area contributed by atoms with Crippen LogP contribution in [0.2, 0.25) is 0 Å². The first kappa shape index (κ1) is 45.7. The van der Waals surface area contributed by atoms with Gasteiger partial charge in [0, 0.05) is 50.3 Å². The summed E-state index contributed by atoms with van der Waals surface area (Å²) in [7, 11) is 0. The lowest BCUT2D eigenvalue weighted by Gasteiger charge is -2.19. The predicted octanol–water partition coefficient (Wildman–Crippen LogP) is 17.0. The van der Waals surface area contributed by atoms with Gasteiger partial charge in [-0.3, -0.25) is 4.98 Å². The minimum absolute atomic E-state index is 0.0336. The summed E-state index contributed by atoms with van der Waals surface area (Å²) in [6.45, 7) is 18.0. The minimum Gasteiger partial charge on any atom is -0.309 e. The first-order chi connectivity index (χ1) is 32.4. The number of nitrogens with zero attached hydrogens (tertiary/aromatic N) is 5. The molecule has 0 spiro atoms. The molecular weight excluding hydrogens is 815 g/mol. The second-order valence-electron chi connectivity index (χ2n) is 20.7. The zero-order valence-electron chi connectivity index (χ0n) is 41.1. The first-order valence-electron chi connectivity index (χ1n) is 24.9. The van der Waals surface area contributed by atoms with Gasteiger partial charge in [0.15, 0.2) is 17.5 Å². The molecule has 0 aliphatic heterocycles. The van der Waals surface area contributed by atoms with Crippen LogP contribution in [-0.4, -0.2) is 24.5 Å². The molecule has 0 saturated carbocycles. The highest BCUT2D eigenvalue weighted by atomic mass is 15.0. The van der Waals surface area contributed by atoms with E-state index in [2.05, 4.69) is 193 Å². The standard InChI is InChI=1S/C62H67N5/c1-9-11-13-15-21-42-37-43(22-16-14-12-10-2)39-49(38-42)67-55-26-20-19-24-51(55)52-36-31-46(40-56(52)67)57-53-25-18-17-23-50(53)54(41-63-57)60-65-58(44-27-32-47(33-28-44)61(3,4)5)64-59(66-60)45-29-34-48(35-30-45)62(6,7)8/h17-20,23-41H,9-16,21-22H2,1-8H3. The zero-order valence-corrected chi connectivity index (χ0v) is 41.1.